The van der Waals surface area contributed by atoms with Crippen LogP contribution in [0.5, 0.6) is 0 Å². The minimum atomic E-state index is -0.0428. The van der Waals surface area contributed by atoms with Crippen molar-refractivity contribution in [1.29, 1.82) is 0 Å². The number of likely N-dealkylation sites (N-methyl/N-ethyl adjacent to an activating group) is 1. The maximum atomic E-state index is 12.2. The molecule has 1 aromatic carbocycles. The fourth-order valence-electron chi connectivity index (χ4n) is 3.95. The highest BCUT2D eigenvalue weighted by Crippen LogP contribution is 2.32. The van der Waals surface area contributed by atoms with Crippen LogP contribution in [0, 0.1) is 0 Å². The summed E-state index contributed by atoms with van der Waals surface area (Å²) in [5.74, 6) is 1.17. The highest BCUT2D eigenvalue weighted by atomic mass is 16.5. The smallest absolute Gasteiger partial charge is 0.253 e. The third-order valence-corrected chi connectivity index (χ3v) is 5.86. The fraction of sp³-hybridized carbons (Fsp3) is 0.333. The lowest BCUT2D eigenvalue weighted by Gasteiger charge is -2.26. The van der Waals surface area contributed by atoms with Gasteiger partial charge in [0.15, 0.2) is 0 Å². The molecule has 2 unspecified atom stereocenters. The van der Waals surface area contributed by atoms with Crippen molar-refractivity contribution in [2.45, 2.75) is 18.9 Å². The van der Waals surface area contributed by atoms with Gasteiger partial charge in [-0.3, -0.25) is 9.80 Å². The van der Waals surface area contributed by atoms with Gasteiger partial charge in [0.2, 0.25) is 0 Å². The van der Waals surface area contributed by atoms with Crippen LogP contribution in [-0.4, -0.2) is 64.9 Å². The predicted octanol–water partition coefficient (Wildman–Crippen LogP) is 1.97. The number of anilines is 2. The number of nitrogen functional groups attached to an aromatic ring is 1. The maximum Gasteiger partial charge on any atom is 0.253 e. The van der Waals surface area contributed by atoms with Gasteiger partial charge in [0.1, 0.15) is 18.2 Å². The van der Waals surface area contributed by atoms with Crippen molar-refractivity contribution in [3.05, 3.63) is 36.0 Å². The zero-order valence-corrected chi connectivity index (χ0v) is 16.9. The van der Waals surface area contributed by atoms with Crippen molar-refractivity contribution in [3.8, 4) is 11.4 Å². The average Bonchev–Trinajstić information content (AvgIpc) is 3.32. The van der Waals surface area contributed by atoms with E-state index in [2.05, 4.69) is 22.0 Å². The molecule has 3 N–H and O–H groups in total. The Balaban J connectivity index is 1.51. The molecule has 9 nitrogen and oxygen atoms in total. The number of amides is 1. The number of aromatic nitrogens is 3. The number of benzene rings is 1. The number of fused-ring (bicyclic) bond motifs is 1. The molecular formula is C21H23N7O2. The van der Waals surface area contributed by atoms with Gasteiger partial charge < -0.3 is 20.4 Å². The number of pyridine rings is 1. The molecule has 30 heavy (non-hydrogen) atoms. The van der Waals surface area contributed by atoms with Crippen LogP contribution < -0.4 is 10.6 Å². The molecule has 0 aliphatic carbocycles. The van der Waals surface area contributed by atoms with Gasteiger partial charge in [-0.05, 0) is 36.8 Å². The van der Waals surface area contributed by atoms with E-state index in [0.29, 0.717) is 24.8 Å². The third-order valence-electron chi connectivity index (χ3n) is 5.86. The van der Waals surface area contributed by atoms with Crippen LogP contribution >= 0.6 is 0 Å². The number of nitrogens with zero attached hydrogens (tertiary/aromatic N) is 5. The molecule has 2 aromatic heterocycles. The topological polar surface area (TPSA) is 113 Å². The molecular weight excluding hydrogens is 382 g/mol. The Morgan fingerprint density at radius 2 is 2.17 bits per heavy atom. The minimum absolute atomic E-state index is 0.0428. The first kappa shape index (κ1) is 18.6. The summed E-state index contributed by atoms with van der Waals surface area (Å²) >= 11 is 0. The van der Waals surface area contributed by atoms with Crippen molar-refractivity contribution in [2.75, 3.05) is 37.4 Å². The molecule has 9 heteroatoms. The Kier molecular flexibility index (Phi) is 4.39. The quantitative estimate of drug-likeness (QED) is 0.689. The van der Waals surface area contributed by atoms with Crippen LogP contribution in [0.25, 0.3) is 22.4 Å². The second-order valence-electron chi connectivity index (χ2n) is 7.69. The SMILES string of the molecule is CC1C(c2cnc(N)c(-c3nc4ccc(N5CCOCC5=O)cc4[nH]3)c2)C=NN1C. The number of carbonyl (C=O) groups is 1. The number of hydrazone groups is 1. The van der Waals surface area contributed by atoms with Gasteiger partial charge in [-0.15, -0.1) is 0 Å². The number of morpholine rings is 1. The lowest BCUT2D eigenvalue weighted by molar-refractivity contribution is -0.125. The summed E-state index contributed by atoms with van der Waals surface area (Å²) in [6, 6.07) is 8.01. The van der Waals surface area contributed by atoms with Gasteiger partial charge in [-0.1, -0.05) is 0 Å². The largest absolute Gasteiger partial charge is 0.383 e. The lowest BCUT2D eigenvalue weighted by atomic mass is 9.94. The van der Waals surface area contributed by atoms with E-state index >= 15 is 0 Å². The Morgan fingerprint density at radius 1 is 1.30 bits per heavy atom. The number of H-pyrrole nitrogens is 1. The normalized spacial score (nSPS) is 21.7. The molecule has 154 valence electrons. The Labute approximate surface area is 173 Å². The monoisotopic (exact) mass is 405 g/mol. The van der Waals surface area contributed by atoms with E-state index in [-0.39, 0.29) is 24.5 Å². The van der Waals surface area contributed by atoms with Gasteiger partial charge in [0.25, 0.3) is 5.91 Å². The van der Waals surface area contributed by atoms with Gasteiger partial charge in [-0.25, -0.2) is 9.97 Å². The van der Waals surface area contributed by atoms with Gasteiger partial charge in [-0.2, -0.15) is 5.10 Å². The van der Waals surface area contributed by atoms with E-state index < -0.39 is 0 Å². The summed E-state index contributed by atoms with van der Waals surface area (Å²) in [5, 5.41) is 6.32. The van der Waals surface area contributed by atoms with Crippen molar-refractivity contribution in [1.82, 2.24) is 20.0 Å². The van der Waals surface area contributed by atoms with Crippen molar-refractivity contribution in [3.63, 3.8) is 0 Å². The van der Waals surface area contributed by atoms with E-state index in [9.17, 15) is 4.79 Å². The number of nitrogens with one attached hydrogen (secondary N) is 1. The van der Waals surface area contributed by atoms with Crippen LogP contribution in [0.1, 0.15) is 18.4 Å². The number of ether oxygens (including phenoxy) is 1. The van der Waals surface area contributed by atoms with Crippen molar-refractivity contribution >= 4 is 34.7 Å². The zero-order valence-electron chi connectivity index (χ0n) is 16.9. The van der Waals surface area contributed by atoms with Gasteiger partial charge >= 0.3 is 0 Å². The first-order chi connectivity index (χ1) is 14.5. The standard InChI is InChI=1S/C21H23N7O2/c1-12-16(10-24-27(12)2)13-7-15(20(22)23-9-13)21-25-17-4-3-14(8-18(17)26-21)28-5-6-30-11-19(28)29/h3-4,7-10,12,16H,5-6,11H2,1-2H3,(H2,22,23)(H,25,26). The van der Waals surface area contributed by atoms with Crippen molar-refractivity contribution < 1.29 is 9.53 Å². The summed E-state index contributed by atoms with van der Waals surface area (Å²) in [6.07, 6.45) is 3.74. The molecule has 3 aromatic rings. The zero-order chi connectivity index (χ0) is 20.8. The lowest BCUT2D eigenvalue weighted by Crippen LogP contribution is -2.41. The molecule has 1 fully saturated rings. The summed E-state index contributed by atoms with van der Waals surface area (Å²) in [4.78, 5) is 26.3. The van der Waals surface area contributed by atoms with E-state index in [4.69, 9.17) is 15.5 Å². The van der Waals surface area contributed by atoms with Crippen LogP contribution in [-0.2, 0) is 9.53 Å². The molecule has 2 aliphatic heterocycles. The highest BCUT2D eigenvalue weighted by molar-refractivity contribution is 5.97. The van der Waals surface area contributed by atoms with E-state index in [1.54, 1.807) is 11.1 Å². The molecule has 1 amide bonds. The number of nitrogens with two attached hydrogens (primary N) is 1. The van der Waals surface area contributed by atoms with Crippen LogP contribution in [0.3, 0.4) is 0 Å². The Morgan fingerprint density at radius 3 is 2.93 bits per heavy atom. The van der Waals surface area contributed by atoms with Gasteiger partial charge in [0, 0.05) is 37.6 Å². The number of carbonyl (C=O) groups excluding carboxylic acids is 1. The summed E-state index contributed by atoms with van der Waals surface area (Å²) < 4.78 is 5.22. The molecule has 1 saturated heterocycles. The molecule has 0 saturated carbocycles. The van der Waals surface area contributed by atoms with E-state index in [1.807, 2.05) is 42.5 Å². The second-order valence-corrected chi connectivity index (χ2v) is 7.69. The minimum Gasteiger partial charge on any atom is -0.383 e. The second kappa shape index (κ2) is 7.10. The van der Waals surface area contributed by atoms with Crippen LogP contribution in [0.15, 0.2) is 35.6 Å². The predicted molar refractivity (Wildman–Crippen MR) is 115 cm³/mol. The molecule has 2 atom stereocenters. The first-order valence-corrected chi connectivity index (χ1v) is 9.92. The number of imidazole rings is 1. The summed E-state index contributed by atoms with van der Waals surface area (Å²) in [5.41, 5.74) is 10.4. The molecule has 0 bridgehead atoms. The molecule has 0 radical (unpaired) electrons. The number of rotatable bonds is 3. The Bertz CT molecular complexity index is 1160. The average molecular weight is 405 g/mol. The summed E-state index contributed by atoms with van der Waals surface area (Å²) in [7, 11) is 1.96. The highest BCUT2D eigenvalue weighted by Gasteiger charge is 2.27. The molecule has 5 rings (SSSR count). The van der Waals surface area contributed by atoms with Crippen molar-refractivity contribution in [2.24, 2.45) is 5.10 Å². The third kappa shape index (κ3) is 3.07. The number of aromatic amines is 1. The first-order valence-electron chi connectivity index (χ1n) is 9.92. The number of hydrogen-bond acceptors (Lipinski definition) is 7. The van der Waals surface area contributed by atoms with Crippen LogP contribution in [0.4, 0.5) is 11.5 Å². The van der Waals surface area contributed by atoms with Crippen LogP contribution in [0.2, 0.25) is 0 Å². The number of hydrogen-bond donors (Lipinski definition) is 2. The Hall–Kier alpha value is -3.46. The van der Waals surface area contributed by atoms with E-state index in [1.165, 1.54) is 0 Å². The molecule has 0 spiro atoms. The molecule has 2 aliphatic rings. The summed E-state index contributed by atoms with van der Waals surface area (Å²) in [6.45, 7) is 3.31. The van der Waals surface area contributed by atoms with E-state index in [0.717, 1.165) is 27.8 Å². The molecule has 4 heterocycles. The fourth-order valence-corrected chi connectivity index (χ4v) is 3.95. The van der Waals surface area contributed by atoms with Gasteiger partial charge in [0.05, 0.1) is 29.2 Å². The maximum absolute atomic E-state index is 12.2.